The van der Waals surface area contributed by atoms with E-state index in [2.05, 4.69) is 34.1 Å². The molecule has 2 fully saturated rings. The van der Waals surface area contributed by atoms with Gasteiger partial charge in [0.25, 0.3) is 0 Å². The number of aliphatic imine (C=N–C) groups is 1. The summed E-state index contributed by atoms with van der Waals surface area (Å²) in [5.41, 5.74) is 8.84. The quantitative estimate of drug-likeness (QED) is 0.749. The van der Waals surface area contributed by atoms with Crippen molar-refractivity contribution in [2.24, 2.45) is 28.5 Å². The van der Waals surface area contributed by atoms with E-state index in [1.54, 1.807) is 11.8 Å². The Hall–Kier alpha value is -0.560. The minimum Gasteiger partial charge on any atom is -0.379 e. The predicted molar refractivity (Wildman–Crippen MR) is 104 cm³/mol. The molecule has 2 aliphatic heterocycles. The maximum absolute atomic E-state index is 6.15. The van der Waals surface area contributed by atoms with E-state index >= 15 is 0 Å². The van der Waals surface area contributed by atoms with E-state index in [1.165, 1.54) is 24.0 Å². The highest BCUT2D eigenvalue weighted by molar-refractivity contribution is 9.10. The Balaban J connectivity index is 1.52. The summed E-state index contributed by atoms with van der Waals surface area (Å²) in [5, 5.41) is 0.746. The molecule has 2 aliphatic carbocycles. The van der Waals surface area contributed by atoms with Gasteiger partial charge in [-0.25, -0.2) is 0 Å². The minimum absolute atomic E-state index is 0.00902. The van der Waals surface area contributed by atoms with Gasteiger partial charge in [-0.2, -0.15) is 0 Å². The fourth-order valence-corrected chi connectivity index (χ4v) is 6.83. The Kier molecular flexibility index (Phi) is 4.15. The summed E-state index contributed by atoms with van der Waals surface area (Å²) in [6.07, 6.45) is 4.67. The van der Waals surface area contributed by atoms with Crippen LogP contribution in [0.15, 0.2) is 27.7 Å². The van der Waals surface area contributed by atoms with Gasteiger partial charge >= 0.3 is 0 Å². The third-order valence-corrected chi connectivity index (χ3v) is 7.90. The number of ether oxygens (including phenoxy) is 2. The molecule has 5 rings (SSSR count). The molecule has 1 saturated carbocycles. The first kappa shape index (κ1) is 16.6. The third-order valence-electron chi connectivity index (χ3n) is 6.44. The molecule has 2 N–H and O–H groups in total. The summed E-state index contributed by atoms with van der Waals surface area (Å²) in [6, 6.07) is 6.72. The summed E-state index contributed by atoms with van der Waals surface area (Å²) >= 11 is 5.38. The molecule has 6 heteroatoms. The van der Waals surface area contributed by atoms with Gasteiger partial charge in [0.15, 0.2) is 11.5 Å². The number of fused-ring (bicyclic) bond motifs is 4. The van der Waals surface area contributed by atoms with Gasteiger partial charge < -0.3 is 15.2 Å². The van der Waals surface area contributed by atoms with Gasteiger partial charge in [-0.05, 0) is 60.8 Å². The van der Waals surface area contributed by atoms with Crippen LogP contribution in [0.4, 0.5) is 0 Å². The number of rotatable bonds is 1. The number of amidine groups is 1. The van der Waals surface area contributed by atoms with Gasteiger partial charge in [0, 0.05) is 16.1 Å². The normalized spacial score (nSPS) is 37.8. The zero-order valence-corrected chi connectivity index (χ0v) is 16.5. The first-order chi connectivity index (χ1) is 12.2. The lowest BCUT2D eigenvalue weighted by molar-refractivity contribution is -0.106. The summed E-state index contributed by atoms with van der Waals surface area (Å²) in [4.78, 5) is 5.04. The highest BCUT2D eigenvalue weighted by atomic mass is 79.9. The molecule has 4 atom stereocenters. The van der Waals surface area contributed by atoms with Crippen LogP contribution in [0, 0.1) is 17.8 Å². The molecular formula is C19H23BrN2O2S. The average molecular weight is 423 g/mol. The fourth-order valence-electron chi connectivity index (χ4n) is 5.44. The Morgan fingerprint density at radius 1 is 1.20 bits per heavy atom. The molecule has 2 heterocycles. The lowest BCUT2D eigenvalue weighted by Gasteiger charge is -2.49. The van der Waals surface area contributed by atoms with Crippen LogP contribution in [0.1, 0.15) is 30.4 Å². The van der Waals surface area contributed by atoms with Crippen LogP contribution in [-0.2, 0) is 21.4 Å². The number of nitrogens with zero attached hydrogens (tertiary/aromatic N) is 1. The van der Waals surface area contributed by atoms with Crippen molar-refractivity contribution in [2.45, 2.75) is 37.5 Å². The topological polar surface area (TPSA) is 56.8 Å². The average Bonchev–Trinajstić information content (AvgIpc) is 3.26. The van der Waals surface area contributed by atoms with Gasteiger partial charge in [0.2, 0.25) is 0 Å². The fraction of sp³-hybridized carbons (Fsp3) is 0.632. The van der Waals surface area contributed by atoms with Crippen molar-refractivity contribution in [3.05, 3.63) is 33.8 Å². The molecule has 4 aliphatic rings. The molecule has 1 aromatic rings. The zero-order chi connectivity index (χ0) is 17.0. The van der Waals surface area contributed by atoms with E-state index in [9.17, 15) is 0 Å². The van der Waals surface area contributed by atoms with Gasteiger partial charge in [-0.3, -0.25) is 4.99 Å². The lowest BCUT2D eigenvalue weighted by Crippen LogP contribution is -2.47. The van der Waals surface area contributed by atoms with Crippen molar-refractivity contribution in [1.82, 2.24) is 0 Å². The van der Waals surface area contributed by atoms with Crippen molar-refractivity contribution in [2.75, 3.05) is 19.0 Å². The third kappa shape index (κ3) is 2.68. The number of hydrogen-bond acceptors (Lipinski definition) is 5. The molecule has 1 saturated heterocycles. The van der Waals surface area contributed by atoms with Crippen LogP contribution in [0.2, 0.25) is 0 Å². The van der Waals surface area contributed by atoms with Crippen molar-refractivity contribution >= 4 is 32.9 Å². The van der Waals surface area contributed by atoms with Crippen LogP contribution in [0.5, 0.6) is 0 Å². The Morgan fingerprint density at radius 3 is 2.80 bits per heavy atom. The number of hydrogen-bond donors (Lipinski definition) is 1. The summed E-state index contributed by atoms with van der Waals surface area (Å²) in [6.45, 7) is 1.49. The molecule has 0 radical (unpaired) electrons. The molecule has 134 valence electrons. The van der Waals surface area contributed by atoms with E-state index in [0.29, 0.717) is 17.8 Å². The second-order valence-corrected chi connectivity index (χ2v) is 9.63. The van der Waals surface area contributed by atoms with Crippen LogP contribution in [-0.4, -0.2) is 30.4 Å². The van der Waals surface area contributed by atoms with Crippen LogP contribution >= 0.6 is 27.7 Å². The number of nitrogens with two attached hydrogens (primary N) is 1. The number of halogens is 1. The highest BCUT2D eigenvalue weighted by Gasteiger charge is 2.53. The van der Waals surface area contributed by atoms with Crippen molar-refractivity contribution in [3.63, 3.8) is 0 Å². The first-order valence-electron chi connectivity index (χ1n) is 9.16. The maximum Gasteiger partial charge on any atom is 0.160 e. The Morgan fingerprint density at radius 2 is 2.04 bits per heavy atom. The van der Waals surface area contributed by atoms with E-state index in [0.717, 1.165) is 41.4 Å². The van der Waals surface area contributed by atoms with Gasteiger partial charge in [0.1, 0.15) is 5.54 Å². The van der Waals surface area contributed by atoms with Crippen molar-refractivity contribution in [3.8, 4) is 0 Å². The van der Waals surface area contributed by atoms with E-state index in [1.807, 2.05) is 0 Å². The summed E-state index contributed by atoms with van der Waals surface area (Å²) in [5.74, 6) is 2.70. The molecule has 0 bridgehead atoms. The van der Waals surface area contributed by atoms with Gasteiger partial charge in [-0.1, -0.05) is 33.8 Å². The van der Waals surface area contributed by atoms with E-state index in [4.69, 9.17) is 20.2 Å². The largest absolute Gasteiger partial charge is 0.379 e. The molecular weight excluding hydrogens is 400 g/mol. The van der Waals surface area contributed by atoms with E-state index in [-0.39, 0.29) is 11.8 Å². The maximum atomic E-state index is 6.15. The monoisotopic (exact) mass is 422 g/mol. The van der Waals surface area contributed by atoms with Gasteiger partial charge in [-0.15, -0.1) is 0 Å². The van der Waals surface area contributed by atoms with Crippen LogP contribution in [0.3, 0.4) is 0 Å². The number of benzene rings is 1. The van der Waals surface area contributed by atoms with E-state index < -0.39 is 0 Å². The standard InChI is InChI=1S/C19H23BrN2O2S/c20-14-3-1-11-7-13-8-12(17-23-5-6-24-17)2-4-15(13)19(16(11)9-14)10-25-18(21)22-19/h1,3,9,12-13,15,17H,2,4-8,10H2,(H2,21,22)/t12?,13-,15+,19?/m0/s1. The SMILES string of the molecule is NC1=NC2(CS1)c1cc(Br)ccc1C[C@H]1CC(C3OCCO3)CC[C@H]12. The highest BCUT2D eigenvalue weighted by Crippen LogP contribution is 2.56. The first-order valence-corrected chi connectivity index (χ1v) is 10.9. The van der Waals surface area contributed by atoms with Gasteiger partial charge in [0.05, 0.1) is 13.2 Å². The second kappa shape index (κ2) is 6.25. The van der Waals surface area contributed by atoms with Crippen molar-refractivity contribution < 1.29 is 9.47 Å². The van der Waals surface area contributed by atoms with Crippen molar-refractivity contribution in [1.29, 1.82) is 0 Å². The molecule has 2 unspecified atom stereocenters. The lowest BCUT2D eigenvalue weighted by atomic mass is 9.58. The summed E-state index contributed by atoms with van der Waals surface area (Å²) < 4.78 is 12.8. The molecule has 1 aromatic carbocycles. The molecule has 0 aromatic heterocycles. The molecule has 1 spiro atoms. The minimum atomic E-state index is -0.140. The smallest absolute Gasteiger partial charge is 0.160 e. The predicted octanol–water partition coefficient (Wildman–Crippen LogP) is 3.67. The molecule has 0 amide bonds. The molecule has 25 heavy (non-hydrogen) atoms. The Bertz CT molecular complexity index is 721. The molecule has 4 nitrogen and oxygen atoms in total. The Labute approximate surface area is 161 Å². The second-order valence-electron chi connectivity index (χ2n) is 7.72. The summed E-state index contributed by atoms with van der Waals surface area (Å²) in [7, 11) is 0. The van der Waals surface area contributed by atoms with Crippen LogP contribution in [0.25, 0.3) is 0 Å². The van der Waals surface area contributed by atoms with Crippen LogP contribution < -0.4 is 5.73 Å². The zero-order valence-electron chi connectivity index (χ0n) is 14.1. The number of thioether (sulfide) groups is 1.